The van der Waals surface area contributed by atoms with Crippen LogP contribution in [0.2, 0.25) is 0 Å². The predicted octanol–water partition coefficient (Wildman–Crippen LogP) is 2.98. The molecule has 1 aliphatic heterocycles. The molecule has 0 saturated carbocycles. The number of carbonyl (C=O) groups excluding carboxylic acids is 1. The molecule has 1 amide bonds. The molecule has 1 aliphatic rings. The highest BCUT2D eigenvalue weighted by Gasteiger charge is 2.26. The van der Waals surface area contributed by atoms with E-state index in [2.05, 4.69) is 23.4 Å². The third kappa shape index (κ3) is 4.05. The van der Waals surface area contributed by atoms with Crippen LogP contribution < -0.4 is 5.32 Å². The Labute approximate surface area is 155 Å². The second kappa shape index (κ2) is 8.50. The Hall–Kier alpha value is -1.85. The minimum absolute atomic E-state index is 0. The van der Waals surface area contributed by atoms with Crippen molar-refractivity contribution in [3.05, 3.63) is 47.3 Å². The number of para-hydroxylation sites is 1. The van der Waals surface area contributed by atoms with Gasteiger partial charge in [-0.25, -0.2) is 4.68 Å². The molecule has 1 N–H and O–H groups in total. The summed E-state index contributed by atoms with van der Waals surface area (Å²) in [6.07, 6.45) is 3.85. The number of aryl methyl sites for hydroxylation is 1. The van der Waals surface area contributed by atoms with Gasteiger partial charge in [-0.1, -0.05) is 18.2 Å². The van der Waals surface area contributed by atoms with E-state index in [9.17, 15) is 4.79 Å². The number of likely N-dealkylation sites (tertiary alicyclic amines) is 1. The molecule has 0 unspecified atom stereocenters. The van der Waals surface area contributed by atoms with Crippen LogP contribution >= 0.6 is 12.4 Å². The van der Waals surface area contributed by atoms with Gasteiger partial charge in [-0.15, -0.1) is 12.4 Å². The van der Waals surface area contributed by atoms with Gasteiger partial charge < -0.3 is 10.2 Å². The Bertz CT molecular complexity index is 720. The highest BCUT2D eigenvalue weighted by atomic mass is 35.5. The van der Waals surface area contributed by atoms with E-state index in [-0.39, 0.29) is 18.3 Å². The van der Waals surface area contributed by atoms with E-state index in [1.807, 2.05) is 41.8 Å². The van der Waals surface area contributed by atoms with E-state index in [1.54, 1.807) is 6.20 Å². The first-order valence-electron chi connectivity index (χ1n) is 8.66. The van der Waals surface area contributed by atoms with Crippen molar-refractivity contribution in [1.82, 2.24) is 20.0 Å². The number of nitrogens with one attached hydrogen (secondary N) is 1. The van der Waals surface area contributed by atoms with Gasteiger partial charge in [0.15, 0.2) is 0 Å². The molecule has 6 heteroatoms. The minimum atomic E-state index is 0. The summed E-state index contributed by atoms with van der Waals surface area (Å²) in [6.45, 7) is 6.73. The van der Waals surface area contributed by atoms with Gasteiger partial charge >= 0.3 is 0 Å². The van der Waals surface area contributed by atoms with Crippen molar-refractivity contribution < 1.29 is 4.79 Å². The van der Waals surface area contributed by atoms with Gasteiger partial charge in [0.2, 0.25) is 0 Å². The van der Waals surface area contributed by atoms with Crippen LogP contribution in [-0.2, 0) is 0 Å². The fourth-order valence-electron chi connectivity index (χ4n) is 3.46. The Morgan fingerprint density at radius 2 is 1.92 bits per heavy atom. The molecule has 0 spiro atoms. The summed E-state index contributed by atoms with van der Waals surface area (Å²) in [6, 6.07) is 8.11. The first-order chi connectivity index (χ1) is 11.6. The van der Waals surface area contributed by atoms with Crippen LogP contribution in [0.15, 0.2) is 30.5 Å². The molecule has 1 aromatic heterocycles. The third-order valence-electron chi connectivity index (χ3n) is 4.98. The second-order valence-electron chi connectivity index (χ2n) is 6.64. The summed E-state index contributed by atoms with van der Waals surface area (Å²) >= 11 is 0. The fourth-order valence-corrected chi connectivity index (χ4v) is 3.46. The van der Waals surface area contributed by atoms with Crippen LogP contribution in [0.5, 0.6) is 0 Å². The lowest BCUT2D eigenvalue weighted by Crippen LogP contribution is -2.40. The molecular formula is C19H27ClN4O. The summed E-state index contributed by atoms with van der Waals surface area (Å²) in [5.41, 5.74) is 3.80. The van der Waals surface area contributed by atoms with Crippen molar-refractivity contribution >= 4 is 18.3 Å². The number of halogens is 1. The van der Waals surface area contributed by atoms with E-state index >= 15 is 0 Å². The van der Waals surface area contributed by atoms with Gasteiger partial charge in [0, 0.05) is 13.1 Å². The Morgan fingerprint density at radius 1 is 1.24 bits per heavy atom. The lowest BCUT2D eigenvalue weighted by atomic mass is 9.96. The molecule has 3 rings (SSSR count). The summed E-state index contributed by atoms with van der Waals surface area (Å²) in [5.74, 6) is 0.782. The Morgan fingerprint density at radius 3 is 2.56 bits per heavy atom. The number of nitrogens with zero attached hydrogens (tertiary/aromatic N) is 3. The van der Waals surface area contributed by atoms with Gasteiger partial charge in [0.1, 0.15) is 0 Å². The number of amides is 1. The molecule has 25 heavy (non-hydrogen) atoms. The summed E-state index contributed by atoms with van der Waals surface area (Å²) in [4.78, 5) is 14.8. The van der Waals surface area contributed by atoms with Crippen LogP contribution in [0.4, 0.5) is 0 Å². The fraction of sp³-hybridized carbons (Fsp3) is 0.474. The average molecular weight is 363 g/mol. The van der Waals surface area contributed by atoms with Crippen molar-refractivity contribution in [2.45, 2.75) is 26.7 Å². The van der Waals surface area contributed by atoms with Crippen LogP contribution in [0.25, 0.3) is 5.69 Å². The van der Waals surface area contributed by atoms with E-state index in [4.69, 9.17) is 0 Å². The standard InChI is InChI=1S/C19H26N4O.ClH/c1-14-6-4-5-7-18(14)23-15(2)17(13-21-23)19(24)22-10-8-16(9-11-22)12-20-3;/h4-7,13,16,20H,8-12H2,1-3H3;1H. The SMILES string of the molecule is CNCC1CCN(C(=O)c2cnn(-c3ccccc3C)c2C)CC1.Cl. The van der Waals surface area contributed by atoms with Crippen LogP contribution in [0.1, 0.15) is 34.5 Å². The van der Waals surface area contributed by atoms with Crippen molar-refractivity contribution in [1.29, 1.82) is 0 Å². The number of rotatable bonds is 4. The van der Waals surface area contributed by atoms with Gasteiger partial charge in [-0.3, -0.25) is 4.79 Å². The lowest BCUT2D eigenvalue weighted by molar-refractivity contribution is 0.0690. The van der Waals surface area contributed by atoms with E-state index in [0.717, 1.165) is 49.4 Å². The minimum Gasteiger partial charge on any atom is -0.339 e. The summed E-state index contributed by atoms with van der Waals surface area (Å²) < 4.78 is 1.87. The molecule has 0 radical (unpaired) electrons. The van der Waals surface area contributed by atoms with Gasteiger partial charge in [-0.2, -0.15) is 5.10 Å². The van der Waals surface area contributed by atoms with Gasteiger partial charge in [0.05, 0.1) is 23.1 Å². The van der Waals surface area contributed by atoms with Crippen molar-refractivity contribution in [2.24, 2.45) is 5.92 Å². The maximum Gasteiger partial charge on any atom is 0.257 e. The quantitative estimate of drug-likeness (QED) is 0.909. The second-order valence-corrected chi connectivity index (χ2v) is 6.64. The maximum atomic E-state index is 12.9. The Kier molecular flexibility index (Phi) is 6.62. The monoisotopic (exact) mass is 362 g/mol. The van der Waals surface area contributed by atoms with Gasteiger partial charge in [-0.05, 0) is 57.8 Å². The summed E-state index contributed by atoms with van der Waals surface area (Å²) in [5, 5.41) is 7.70. The number of piperidine rings is 1. The topological polar surface area (TPSA) is 50.2 Å². The molecule has 1 saturated heterocycles. The number of hydrogen-bond donors (Lipinski definition) is 1. The highest BCUT2D eigenvalue weighted by molar-refractivity contribution is 5.95. The van der Waals surface area contributed by atoms with Crippen LogP contribution in [-0.4, -0.2) is 47.3 Å². The molecule has 2 heterocycles. The molecule has 1 fully saturated rings. The lowest BCUT2D eigenvalue weighted by Gasteiger charge is -2.31. The predicted molar refractivity (Wildman–Crippen MR) is 103 cm³/mol. The molecule has 1 aromatic carbocycles. The van der Waals surface area contributed by atoms with Crippen molar-refractivity contribution in [3.8, 4) is 5.69 Å². The van der Waals surface area contributed by atoms with Crippen molar-refractivity contribution in [2.75, 3.05) is 26.7 Å². The van der Waals surface area contributed by atoms with E-state index in [0.29, 0.717) is 11.5 Å². The van der Waals surface area contributed by atoms with Crippen molar-refractivity contribution in [3.63, 3.8) is 0 Å². The molecule has 0 bridgehead atoms. The first kappa shape index (κ1) is 19.5. The first-order valence-corrected chi connectivity index (χ1v) is 8.66. The number of aromatic nitrogens is 2. The zero-order valence-corrected chi connectivity index (χ0v) is 16.0. The van der Waals surface area contributed by atoms with E-state index < -0.39 is 0 Å². The number of hydrogen-bond acceptors (Lipinski definition) is 3. The summed E-state index contributed by atoms with van der Waals surface area (Å²) in [7, 11) is 1.99. The zero-order chi connectivity index (χ0) is 17.1. The van der Waals surface area contributed by atoms with E-state index in [1.165, 1.54) is 0 Å². The average Bonchev–Trinajstić information content (AvgIpc) is 2.97. The molecule has 2 aromatic rings. The molecule has 136 valence electrons. The molecule has 0 aliphatic carbocycles. The largest absolute Gasteiger partial charge is 0.339 e. The van der Waals surface area contributed by atoms with Crippen LogP contribution in [0, 0.1) is 19.8 Å². The molecule has 0 atom stereocenters. The van der Waals surface area contributed by atoms with Gasteiger partial charge in [0.25, 0.3) is 5.91 Å². The smallest absolute Gasteiger partial charge is 0.257 e. The molecule has 5 nitrogen and oxygen atoms in total. The zero-order valence-electron chi connectivity index (χ0n) is 15.2. The Balaban J connectivity index is 0.00000225. The number of carbonyl (C=O) groups is 1. The highest BCUT2D eigenvalue weighted by Crippen LogP contribution is 2.22. The normalized spacial score (nSPS) is 15.1. The third-order valence-corrected chi connectivity index (χ3v) is 4.98. The van der Waals surface area contributed by atoms with Crippen LogP contribution in [0.3, 0.4) is 0 Å². The maximum absolute atomic E-state index is 12.9. The molecular weight excluding hydrogens is 336 g/mol. The number of benzene rings is 1.